The first-order valence-electron chi connectivity index (χ1n) is 7.01. The van der Waals surface area contributed by atoms with Gasteiger partial charge in [0.2, 0.25) is 0 Å². The molecular formula is C16H16ClFN2O4. The van der Waals surface area contributed by atoms with Crippen molar-refractivity contribution >= 4 is 23.5 Å². The van der Waals surface area contributed by atoms with E-state index in [1.54, 1.807) is 24.3 Å². The second-order valence-corrected chi connectivity index (χ2v) is 5.41. The first-order chi connectivity index (χ1) is 11.5. The molecule has 0 saturated carbocycles. The Kier molecular flexibility index (Phi) is 5.58. The minimum atomic E-state index is -1.29. The lowest BCUT2D eigenvalue weighted by Crippen LogP contribution is -2.36. The number of aliphatic carboxylic acids is 1. The summed E-state index contributed by atoms with van der Waals surface area (Å²) in [6.45, 7) is -1.18. The molecule has 0 amide bonds. The molecule has 0 aromatic heterocycles. The first kappa shape index (κ1) is 18.0. The highest BCUT2D eigenvalue weighted by Gasteiger charge is 2.39. The van der Waals surface area contributed by atoms with Gasteiger partial charge in [0.05, 0.1) is 29.9 Å². The van der Waals surface area contributed by atoms with Gasteiger partial charge in [-0.3, -0.25) is 0 Å². The number of alkyl halides is 1. The molecular weight excluding hydrogens is 339 g/mol. The van der Waals surface area contributed by atoms with Crippen LogP contribution in [0.2, 0.25) is 5.02 Å². The first-order valence-corrected chi connectivity index (χ1v) is 7.39. The summed E-state index contributed by atoms with van der Waals surface area (Å²) >= 11 is 6.19. The summed E-state index contributed by atoms with van der Waals surface area (Å²) in [5, 5.41) is 12.5. The molecule has 0 fully saturated rings. The maximum absolute atomic E-state index is 13.5. The molecule has 0 bridgehead atoms. The van der Waals surface area contributed by atoms with E-state index >= 15 is 0 Å². The summed E-state index contributed by atoms with van der Waals surface area (Å²) < 4.78 is 18.2. The topological polar surface area (TPSA) is 102 Å². The van der Waals surface area contributed by atoms with Crippen LogP contribution >= 0.6 is 11.6 Å². The number of methoxy groups -OCH3 is 1. The van der Waals surface area contributed by atoms with Crippen LogP contribution in [0.4, 0.5) is 4.39 Å². The van der Waals surface area contributed by atoms with Gasteiger partial charge in [-0.1, -0.05) is 29.8 Å². The van der Waals surface area contributed by atoms with Gasteiger partial charge in [0, 0.05) is 17.3 Å². The highest BCUT2D eigenvalue weighted by Crippen LogP contribution is 2.41. The van der Waals surface area contributed by atoms with Crippen LogP contribution in [-0.2, 0) is 14.3 Å². The average Bonchev–Trinajstić information content (AvgIpc) is 2.59. The molecule has 24 heavy (non-hydrogen) atoms. The van der Waals surface area contributed by atoms with Crippen molar-refractivity contribution in [1.29, 1.82) is 0 Å². The van der Waals surface area contributed by atoms with E-state index in [1.807, 2.05) is 0 Å². The Bertz CT molecular complexity index is 745. The number of halogens is 2. The SMILES string of the molecule is COC(=O)C1=C(CF)NC(CN)=C(C(=O)O)C1c1ccccc1Cl. The fourth-order valence-corrected chi connectivity index (χ4v) is 2.94. The average molecular weight is 355 g/mol. The van der Waals surface area contributed by atoms with Crippen molar-refractivity contribution in [3.63, 3.8) is 0 Å². The van der Waals surface area contributed by atoms with Crippen LogP contribution in [0, 0.1) is 0 Å². The van der Waals surface area contributed by atoms with Crippen molar-refractivity contribution in [2.75, 3.05) is 20.3 Å². The normalized spacial score (nSPS) is 17.6. The molecule has 0 saturated heterocycles. The molecule has 1 unspecified atom stereocenters. The monoisotopic (exact) mass is 354 g/mol. The lowest BCUT2D eigenvalue weighted by Gasteiger charge is -2.30. The number of carbonyl (C=O) groups is 2. The number of ether oxygens (including phenoxy) is 1. The Morgan fingerprint density at radius 2 is 2.00 bits per heavy atom. The number of allylic oxidation sites excluding steroid dienone is 1. The van der Waals surface area contributed by atoms with E-state index in [0.717, 1.165) is 7.11 Å². The zero-order valence-corrected chi connectivity index (χ0v) is 13.6. The Morgan fingerprint density at radius 1 is 1.33 bits per heavy atom. The van der Waals surface area contributed by atoms with Crippen LogP contribution in [-0.4, -0.2) is 37.4 Å². The molecule has 1 atom stereocenters. The third kappa shape index (κ3) is 3.13. The van der Waals surface area contributed by atoms with Gasteiger partial charge in [-0.05, 0) is 11.6 Å². The maximum atomic E-state index is 13.5. The zero-order chi connectivity index (χ0) is 17.9. The molecule has 8 heteroatoms. The van der Waals surface area contributed by atoms with E-state index in [-0.39, 0.29) is 34.1 Å². The van der Waals surface area contributed by atoms with E-state index in [0.29, 0.717) is 5.56 Å². The van der Waals surface area contributed by atoms with Crippen molar-refractivity contribution in [1.82, 2.24) is 5.32 Å². The summed E-state index contributed by atoms with van der Waals surface area (Å²) in [5.41, 5.74) is 5.69. The van der Waals surface area contributed by atoms with Gasteiger partial charge in [0.25, 0.3) is 0 Å². The van der Waals surface area contributed by atoms with Crippen molar-refractivity contribution in [2.45, 2.75) is 5.92 Å². The number of nitrogens with one attached hydrogen (secondary N) is 1. The number of esters is 1. The molecule has 128 valence electrons. The van der Waals surface area contributed by atoms with Gasteiger partial charge < -0.3 is 20.9 Å². The molecule has 1 aliphatic heterocycles. The van der Waals surface area contributed by atoms with Gasteiger partial charge in [0.15, 0.2) is 0 Å². The zero-order valence-electron chi connectivity index (χ0n) is 12.8. The van der Waals surface area contributed by atoms with E-state index in [2.05, 4.69) is 5.32 Å². The molecule has 6 nitrogen and oxygen atoms in total. The quantitative estimate of drug-likeness (QED) is 0.696. The van der Waals surface area contributed by atoms with Crippen LogP contribution in [0.1, 0.15) is 11.5 Å². The van der Waals surface area contributed by atoms with E-state index in [1.165, 1.54) is 0 Å². The number of hydrogen-bond acceptors (Lipinski definition) is 5. The van der Waals surface area contributed by atoms with Crippen molar-refractivity contribution < 1.29 is 23.8 Å². The number of carbonyl (C=O) groups excluding carboxylic acids is 1. The standard InChI is InChI=1S/C16H16ClFN2O4/c1-24-16(23)14-10(6-18)20-11(7-19)13(15(21)22)12(14)8-4-2-3-5-9(8)17/h2-5,12,20H,6-7,19H2,1H3,(H,21,22). The number of carboxylic acid groups (broad SMARTS) is 1. The summed E-state index contributed by atoms with van der Waals surface area (Å²) in [7, 11) is 1.14. The van der Waals surface area contributed by atoms with Crippen molar-refractivity contribution in [3.05, 3.63) is 57.4 Å². The molecule has 1 heterocycles. The molecule has 1 aromatic rings. The Hall–Kier alpha value is -2.38. The number of dihydropyridines is 1. The second kappa shape index (κ2) is 7.46. The maximum Gasteiger partial charge on any atom is 0.336 e. The molecule has 2 rings (SSSR count). The number of hydrogen-bond donors (Lipinski definition) is 3. The number of rotatable bonds is 5. The second-order valence-electron chi connectivity index (χ2n) is 5.00. The number of carboxylic acids is 1. The minimum absolute atomic E-state index is 0.0859. The van der Waals surface area contributed by atoms with Gasteiger partial charge >= 0.3 is 11.9 Å². The van der Waals surface area contributed by atoms with Gasteiger partial charge in [-0.25, -0.2) is 14.0 Å². The van der Waals surface area contributed by atoms with Gasteiger partial charge in [-0.15, -0.1) is 0 Å². The minimum Gasteiger partial charge on any atom is -0.478 e. The van der Waals surface area contributed by atoms with Gasteiger partial charge in [0.1, 0.15) is 6.67 Å². The fourth-order valence-electron chi connectivity index (χ4n) is 2.70. The largest absolute Gasteiger partial charge is 0.478 e. The Morgan fingerprint density at radius 3 is 2.50 bits per heavy atom. The summed E-state index contributed by atoms with van der Waals surface area (Å²) in [6, 6.07) is 6.45. The molecule has 0 aliphatic carbocycles. The fraction of sp³-hybridized carbons (Fsp3) is 0.250. The smallest absolute Gasteiger partial charge is 0.336 e. The van der Waals surface area contributed by atoms with Crippen LogP contribution in [0.3, 0.4) is 0 Å². The third-order valence-electron chi connectivity index (χ3n) is 3.72. The van der Waals surface area contributed by atoms with Gasteiger partial charge in [-0.2, -0.15) is 0 Å². The summed E-state index contributed by atoms with van der Waals surface area (Å²) in [6.07, 6.45) is 0. The Balaban J connectivity index is 2.79. The van der Waals surface area contributed by atoms with Crippen LogP contribution in [0.5, 0.6) is 0 Å². The molecule has 1 aliphatic rings. The van der Waals surface area contributed by atoms with E-state index in [4.69, 9.17) is 22.1 Å². The van der Waals surface area contributed by atoms with Crippen molar-refractivity contribution in [3.8, 4) is 0 Å². The predicted molar refractivity (Wildman–Crippen MR) is 86.1 cm³/mol. The lowest BCUT2D eigenvalue weighted by molar-refractivity contribution is -0.136. The lowest BCUT2D eigenvalue weighted by atomic mass is 9.80. The predicted octanol–water partition coefficient (Wildman–Crippen LogP) is 1.72. The highest BCUT2D eigenvalue weighted by atomic mass is 35.5. The van der Waals surface area contributed by atoms with Crippen LogP contribution in [0.25, 0.3) is 0 Å². The third-order valence-corrected chi connectivity index (χ3v) is 4.06. The molecule has 0 radical (unpaired) electrons. The highest BCUT2D eigenvalue weighted by molar-refractivity contribution is 6.31. The van der Waals surface area contributed by atoms with Crippen molar-refractivity contribution in [2.24, 2.45) is 5.73 Å². The molecule has 0 spiro atoms. The van der Waals surface area contributed by atoms with Crippen LogP contribution < -0.4 is 11.1 Å². The summed E-state index contributed by atoms with van der Waals surface area (Å²) in [4.78, 5) is 24.0. The number of benzene rings is 1. The van der Waals surface area contributed by atoms with Crippen LogP contribution in [0.15, 0.2) is 46.8 Å². The van der Waals surface area contributed by atoms with E-state index < -0.39 is 24.5 Å². The van der Waals surface area contributed by atoms with E-state index in [9.17, 15) is 19.1 Å². The molecule has 1 aromatic carbocycles. The number of nitrogens with two attached hydrogens (primary N) is 1. The Labute approximate surface area is 142 Å². The molecule has 4 N–H and O–H groups in total. The summed E-state index contributed by atoms with van der Waals surface area (Å²) in [5.74, 6) is -3.21.